The predicted octanol–water partition coefficient (Wildman–Crippen LogP) is 7.47. The molecule has 0 aliphatic rings. The highest BCUT2D eigenvalue weighted by atomic mass is 32.2. The van der Waals surface area contributed by atoms with Gasteiger partial charge in [-0.2, -0.15) is 0 Å². The Balaban J connectivity index is 2.96. The molecule has 0 aliphatic heterocycles. The molecule has 1 atom stereocenters. The minimum absolute atomic E-state index is 0.112. The van der Waals surface area contributed by atoms with Crippen molar-refractivity contribution in [2.24, 2.45) is 0 Å². The van der Waals surface area contributed by atoms with Crippen molar-refractivity contribution in [1.82, 2.24) is 0 Å². The molecular formula is C25H42O3S. The quantitative estimate of drug-likeness (QED) is 0.241. The van der Waals surface area contributed by atoms with Crippen LogP contribution < -0.4 is 0 Å². The number of phenols is 1. The van der Waals surface area contributed by atoms with Crippen LogP contribution in [0.2, 0.25) is 0 Å². The van der Waals surface area contributed by atoms with Crippen molar-refractivity contribution >= 4 is 17.7 Å². The topological polar surface area (TPSA) is 46.5 Å². The molecule has 0 radical (unpaired) electrons. The summed E-state index contributed by atoms with van der Waals surface area (Å²) in [6, 6.07) is 4.23. The number of ether oxygens (including phenoxy) is 1. The second-order valence-electron chi connectivity index (χ2n) is 10.1. The van der Waals surface area contributed by atoms with Gasteiger partial charge in [0.05, 0.1) is 0 Å². The first kappa shape index (κ1) is 25.9. The standard InChI is InChI=1S/C25H42O3S/c1-9-10-11-12-13-14-22(28-18(2)26)29-17-19-15-20(24(3,4)5)23(27)21(16-19)25(6,7)8/h15-16,22,27H,9-14,17H2,1-8H3. The molecule has 1 aromatic rings. The highest BCUT2D eigenvalue weighted by Crippen LogP contribution is 2.40. The molecule has 1 N–H and O–H groups in total. The summed E-state index contributed by atoms with van der Waals surface area (Å²) < 4.78 is 5.57. The van der Waals surface area contributed by atoms with Gasteiger partial charge in [-0.1, -0.05) is 86.3 Å². The molecule has 1 aromatic carbocycles. The second kappa shape index (κ2) is 11.3. The van der Waals surface area contributed by atoms with Crippen LogP contribution in [0.1, 0.15) is 111 Å². The van der Waals surface area contributed by atoms with Crippen molar-refractivity contribution in [3.05, 3.63) is 28.8 Å². The van der Waals surface area contributed by atoms with E-state index < -0.39 is 0 Å². The Morgan fingerprint density at radius 3 is 1.97 bits per heavy atom. The first-order chi connectivity index (χ1) is 13.4. The maximum atomic E-state index is 11.5. The molecule has 0 saturated carbocycles. The fourth-order valence-corrected chi connectivity index (χ4v) is 4.47. The zero-order valence-corrected chi connectivity index (χ0v) is 20.7. The van der Waals surface area contributed by atoms with Crippen LogP contribution in [-0.2, 0) is 26.1 Å². The fraction of sp³-hybridized carbons (Fsp3) is 0.720. The molecule has 0 heterocycles. The average Bonchev–Trinajstić information content (AvgIpc) is 2.57. The van der Waals surface area contributed by atoms with Gasteiger partial charge in [0, 0.05) is 12.7 Å². The summed E-state index contributed by atoms with van der Waals surface area (Å²) in [6.45, 7) is 16.5. The van der Waals surface area contributed by atoms with Gasteiger partial charge in [-0.3, -0.25) is 4.79 Å². The van der Waals surface area contributed by atoms with Crippen LogP contribution in [0.15, 0.2) is 12.1 Å². The Kier molecular flexibility index (Phi) is 10.1. The number of esters is 1. The lowest BCUT2D eigenvalue weighted by atomic mass is 9.78. The third-order valence-corrected chi connectivity index (χ3v) is 6.27. The summed E-state index contributed by atoms with van der Waals surface area (Å²) >= 11 is 1.69. The van der Waals surface area contributed by atoms with E-state index in [1.165, 1.54) is 38.2 Å². The molecule has 166 valence electrons. The number of unbranched alkanes of at least 4 members (excludes halogenated alkanes) is 4. The Morgan fingerprint density at radius 2 is 1.52 bits per heavy atom. The molecule has 0 spiro atoms. The molecule has 1 unspecified atom stereocenters. The minimum Gasteiger partial charge on any atom is -0.507 e. The SMILES string of the molecule is CCCCCCCC(OC(C)=O)SCc1cc(C(C)(C)C)c(O)c(C(C)(C)C)c1. The number of phenolic OH excluding ortho intramolecular Hbond substituents is 1. The molecule has 1 rings (SSSR count). The molecule has 29 heavy (non-hydrogen) atoms. The average molecular weight is 423 g/mol. The van der Waals surface area contributed by atoms with E-state index in [-0.39, 0.29) is 22.2 Å². The van der Waals surface area contributed by atoms with Gasteiger partial charge in [0.2, 0.25) is 0 Å². The molecule has 0 aromatic heterocycles. The van der Waals surface area contributed by atoms with Crippen LogP contribution in [0.25, 0.3) is 0 Å². The van der Waals surface area contributed by atoms with Gasteiger partial charge < -0.3 is 9.84 Å². The van der Waals surface area contributed by atoms with E-state index in [9.17, 15) is 9.90 Å². The smallest absolute Gasteiger partial charge is 0.303 e. The predicted molar refractivity (Wildman–Crippen MR) is 126 cm³/mol. The van der Waals surface area contributed by atoms with Gasteiger partial charge in [0.25, 0.3) is 0 Å². The van der Waals surface area contributed by atoms with Crippen molar-refractivity contribution in [3.8, 4) is 5.75 Å². The van der Waals surface area contributed by atoms with Crippen LogP contribution in [0.5, 0.6) is 5.75 Å². The van der Waals surface area contributed by atoms with Crippen molar-refractivity contribution in [2.75, 3.05) is 0 Å². The van der Waals surface area contributed by atoms with Gasteiger partial charge in [0.15, 0.2) is 0 Å². The number of hydrogen-bond donors (Lipinski definition) is 1. The maximum Gasteiger partial charge on any atom is 0.303 e. The van der Waals surface area contributed by atoms with Gasteiger partial charge in [-0.05, 0) is 40.4 Å². The first-order valence-electron chi connectivity index (χ1n) is 11.0. The molecule has 4 heteroatoms. The van der Waals surface area contributed by atoms with Crippen molar-refractivity contribution in [3.63, 3.8) is 0 Å². The molecular weight excluding hydrogens is 380 g/mol. The van der Waals surface area contributed by atoms with Crippen LogP contribution >= 0.6 is 11.8 Å². The molecule has 0 amide bonds. The van der Waals surface area contributed by atoms with Crippen LogP contribution in [0.4, 0.5) is 0 Å². The van der Waals surface area contributed by atoms with Crippen LogP contribution in [-0.4, -0.2) is 16.5 Å². The number of carbonyl (C=O) groups is 1. The second-order valence-corrected chi connectivity index (χ2v) is 11.2. The normalized spacial score (nSPS) is 13.4. The van der Waals surface area contributed by atoms with E-state index in [0.29, 0.717) is 5.75 Å². The van der Waals surface area contributed by atoms with Gasteiger partial charge >= 0.3 is 5.97 Å². The van der Waals surface area contributed by atoms with Crippen molar-refractivity contribution in [1.29, 1.82) is 0 Å². The van der Waals surface area contributed by atoms with E-state index in [2.05, 4.69) is 60.6 Å². The number of thioether (sulfide) groups is 1. The summed E-state index contributed by atoms with van der Waals surface area (Å²) in [4.78, 5) is 11.5. The summed E-state index contributed by atoms with van der Waals surface area (Å²) in [7, 11) is 0. The Hall–Kier alpha value is -1.16. The largest absolute Gasteiger partial charge is 0.507 e. The molecule has 0 saturated heterocycles. The minimum atomic E-state index is -0.215. The monoisotopic (exact) mass is 422 g/mol. The van der Waals surface area contributed by atoms with Crippen molar-refractivity contribution < 1.29 is 14.6 Å². The molecule has 0 aliphatic carbocycles. The Bertz CT molecular complexity index is 618. The molecule has 0 bridgehead atoms. The van der Waals surface area contributed by atoms with Crippen LogP contribution in [0, 0.1) is 0 Å². The Labute approximate surface area is 183 Å². The molecule has 0 fully saturated rings. The lowest BCUT2D eigenvalue weighted by Crippen LogP contribution is -2.18. The first-order valence-corrected chi connectivity index (χ1v) is 12.1. The van der Waals surface area contributed by atoms with E-state index in [4.69, 9.17) is 4.74 Å². The van der Waals surface area contributed by atoms with E-state index in [0.717, 1.165) is 29.7 Å². The fourth-order valence-electron chi connectivity index (χ4n) is 3.39. The highest BCUT2D eigenvalue weighted by Gasteiger charge is 2.26. The lowest BCUT2D eigenvalue weighted by molar-refractivity contribution is -0.142. The number of hydrogen-bond acceptors (Lipinski definition) is 4. The number of carbonyl (C=O) groups excluding carboxylic acids is 1. The number of benzene rings is 1. The summed E-state index contributed by atoms with van der Waals surface area (Å²) in [5.41, 5.74) is 2.73. The maximum absolute atomic E-state index is 11.5. The summed E-state index contributed by atoms with van der Waals surface area (Å²) in [6.07, 6.45) is 6.91. The van der Waals surface area contributed by atoms with Gasteiger partial charge in [-0.25, -0.2) is 0 Å². The third kappa shape index (κ3) is 9.02. The van der Waals surface area contributed by atoms with E-state index in [1.54, 1.807) is 11.8 Å². The van der Waals surface area contributed by atoms with Gasteiger partial charge in [-0.15, -0.1) is 11.8 Å². The lowest BCUT2D eigenvalue weighted by Gasteiger charge is -2.28. The molecule has 3 nitrogen and oxygen atoms in total. The Morgan fingerprint density at radius 1 is 1.00 bits per heavy atom. The third-order valence-electron chi connectivity index (χ3n) is 5.06. The summed E-state index contributed by atoms with van der Waals surface area (Å²) in [5.74, 6) is 0.957. The highest BCUT2D eigenvalue weighted by molar-refractivity contribution is 7.99. The van der Waals surface area contributed by atoms with Gasteiger partial charge in [0.1, 0.15) is 11.2 Å². The number of rotatable bonds is 10. The summed E-state index contributed by atoms with van der Waals surface area (Å²) in [5, 5.41) is 10.9. The zero-order valence-electron chi connectivity index (χ0n) is 19.9. The van der Waals surface area contributed by atoms with E-state index in [1.807, 2.05) is 0 Å². The number of aromatic hydroxyl groups is 1. The van der Waals surface area contributed by atoms with E-state index >= 15 is 0 Å². The zero-order chi connectivity index (χ0) is 22.2. The van der Waals surface area contributed by atoms with Crippen molar-refractivity contribution in [2.45, 2.75) is 116 Å². The van der Waals surface area contributed by atoms with Crippen LogP contribution in [0.3, 0.4) is 0 Å².